The van der Waals surface area contributed by atoms with Gasteiger partial charge in [-0.1, -0.05) is 13.8 Å². The first-order valence-corrected chi connectivity index (χ1v) is 7.75. The molecule has 98 valence electrons. The van der Waals surface area contributed by atoms with E-state index in [1.54, 1.807) is 0 Å². The highest BCUT2D eigenvalue weighted by Gasteiger charge is 2.28. The van der Waals surface area contributed by atoms with Crippen molar-refractivity contribution < 1.29 is 4.79 Å². The minimum absolute atomic E-state index is 0.281. The van der Waals surface area contributed by atoms with Crippen LogP contribution in [-0.2, 0) is 0 Å². The van der Waals surface area contributed by atoms with E-state index in [2.05, 4.69) is 18.7 Å². The third kappa shape index (κ3) is 3.54. The highest BCUT2D eigenvalue weighted by atomic mass is 32.2. The van der Waals surface area contributed by atoms with Crippen LogP contribution in [0.2, 0.25) is 0 Å². The zero-order valence-corrected chi connectivity index (χ0v) is 11.9. The molecule has 0 aliphatic carbocycles. The second-order valence-electron chi connectivity index (χ2n) is 5.68. The largest absolute Gasteiger partial charge is 0.325 e. The van der Waals surface area contributed by atoms with Gasteiger partial charge in [-0.2, -0.15) is 11.8 Å². The first-order chi connectivity index (χ1) is 8.08. The average molecular weight is 256 g/mol. The van der Waals surface area contributed by atoms with Gasteiger partial charge in [0.1, 0.15) is 0 Å². The van der Waals surface area contributed by atoms with Crippen molar-refractivity contribution in [1.29, 1.82) is 0 Å². The number of likely N-dealkylation sites (tertiary alicyclic amines) is 1. The van der Waals surface area contributed by atoms with Gasteiger partial charge in [0.2, 0.25) is 0 Å². The summed E-state index contributed by atoms with van der Waals surface area (Å²) in [5, 5.41) is 0. The minimum atomic E-state index is 0.281. The van der Waals surface area contributed by atoms with Crippen LogP contribution in [-0.4, -0.2) is 52.5 Å². The Kier molecular flexibility index (Phi) is 4.23. The lowest BCUT2D eigenvalue weighted by atomic mass is 10.1. The molecule has 0 aromatic rings. The molecule has 0 unspecified atom stereocenters. The van der Waals surface area contributed by atoms with Crippen LogP contribution in [0.25, 0.3) is 0 Å². The molecule has 2 amide bonds. The molecule has 0 aromatic heterocycles. The van der Waals surface area contributed by atoms with E-state index in [0.29, 0.717) is 4.75 Å². The average Bonchev–Trinajstić information content (AvgIpc) is 2.50. The van der Waals surface area contributed by atoms with E-state index in [1.165, 1.54) is 19.3 Å². The number of piperidine rings is 1. The van der Waals surface area contributed by atoms with E-state index < -0.39 is 0 Å². The molecule has 4 heteroatoms. The number of urea groups is 1. The third-order valence-electron chi connectivity index (χ3n) is 3.73. The predicted molar refractivity (Wildman–Crippen MR) is 73.5 cm³/mol. The van der Waals surface area contributed by atoms with Crippen molar-refractivity contribution in [1.82, 2.24) is 9.80 Å². The maximum atomic E-state index is 12.4. The summed E-state index contributed by atoms with van der Waals surface area (Å²) in [6.45, 7) is 8.34. The molecule has 0 spiro atoms. The molecular formula is C13H24N2OS. The van der Waals surface area contributed by atoms with Crippen LogP contribution in [0.4, 0.5) is 4.79 Å². The van der Waals surface area contributed by atoms with Crippen LogP contribution in [0.5, 0.6) is 0 Å². The molecule has 2 aliphatic rings. The van der Waals surface area contributed by atoms with Gasteiger partial charge in [0.05, 0.1) is 0 Å². The molecule has 2 rings (SSSR count). The highest BCUT2D eigenvalue weighted by molar-refractivity contribution is 8.00. The Labute approximate surface area is 109 Å². The molecule has 0 aromatic carbocycles. The van der Waals surface area contributed by atoms with Crippen molar-refractivity contribution in [2.75, 3.05) is 31.9 Å². The summed E-state index contributed by atoms with van der Waals surface area (Å²) in [5.74, 6) is 1.08. The molecule has 2 fully saturated rings. The van der Waals surface area contributed by atoms with Crippen LogP contribution >= 0.6 is 11.8 Å². The Bertz CT molecular complexity index is 275. The number of hydrogen-bond acceptors (Lipinski definition) is 2. The van der Waals surface area contributed by atoms with Crippen molar-refractivity contribution in [2.24, 2.45) is 0 Å². The summed E-state index contributed by atoms with van der Waals surface area (Å²) in [6, 6.07) is 0.281. The lowest BCUT2D eigenvalue weighted by Crippen LogP contribution is -2.46. The minimum Gasteiger partial charge on any atom is -0.325 e. The summed E-state index contributed by atoms with van der Waals surface area (Å²) in [6.07, 6.45) is 4.75. The van der Waals surface area contributed by atoms with Crippen LogP contribution in [0, 0.1) is 0 Å². The molecular weight excluding hydrogens is 232 g/mol. The highest BCUT2D eigenvalue weighted by Crippen LogP contribution is 2.31. The quantitative estimate of drug-likeness (QED) is 0.665. The number of carbonyl (C=O) groups is 1. The third-order valence-corrected chi connectivity index (χ3v) is 5.11. The fourth-order valence-corrected chi connectivity index (χ4v) is 3.60. The van der Waals surface area contributed by atoms with Crippen LogP contribution < -0.4 is 0 Å². The molecule has 2 aliphatic heterocycles. The molecule has 0 radical (unpaired) electrons. The number of nitrogens with zero attached hydrogens (tertiary/aromatic N) is 2. The summed E-state index contributed by atoms with van der Waals surface area (Å²) in [7, 11) is 0. The maximum Gasteiger partial charge on any atom is 0.320 e. The number of rotatable bonds is 0. The number of thioether (sulfide) groups is 1. The Morgan fingerprint density at radius 1 is 1.00 bits per heavy atom. The molecule has 3 nitrogen and oxygen atoms in total. The molecule has 0 saturated carbocycles. The summed E-state index contributed by atoms with van der Waals surface area (Å²) < 4.78 is 0.330. The monoisotopic (exact) mass is 256 g/mol. The molecule has 17 heavy (non-hydrogen) atoms. The van der Waals surface area contributed by atoms with Crippen molar-refractivity contribution in [3.63, 3.8) is 0 Å². The Morgan fingerprint density at radius 2 is 1.65 bits per heavy atom. The van der Waals surface area contributed by atoms with Gasteiger partial charge in [-0.25, -0.2) is 4.79 Å². The van der Waals surface area contributed by atoms with Gasteiger partial charge in [0.25, 0.3) is 0 Å². The lowest BCUT2D eigenvalue weighted by Gasteiger charge is -2.32. The molecule has 0 N–H and O–H groups in total. The molecule has 2 saturated heterocycles. The first kappa shape index (κ1) is 13.1. The van der Waals surface area contributed by atoms with Crippen molar-refractivity contribution >= 4 is 17.8 Å². The zero-order chi connectivity index (χ0) is 12.3. The fourth-order valence-electron chi connectivity index (χ4n) is 2.50. The number of hydrogen-bond donors (Lipinski definition) is 0. The van der Waals surface area contributed by atoms with Gasteiger partial charge in [-0.05, 0) is 25.7 Å². The number of amides is 2. The Hall–Kier alpha value is -0.380. The molecule has 0 atom stereocenters. The molecule has 2 heterocycles. The normalized spacial score (nSPS) is 25.5. The van der Waals surface area contributed by atoms with Gasteiger partial charge >= 0.3 is 6.03 Å². The van der Waals surface area contributed by atoms with Crippen molar-refractivity contribution in [2.45, 2.75) is 44.3 Å². The van der Waals surface area contributed by atoms with E-state index in [1.807, 2.05) is 16.7 Å². The first-order valence-electron chi connectivity index (χ1n) is 6.76. The number of carbonyl (C=O) groups excluding carboxylic acids is 1. The standard InChI is InChI=1S/C13H24N2OS/c1-13(2)6-9-15(10-11-17-13)12(16)14-7-4-3-5-8-14/h3-11H2,1-2H3. The molecule has 0 bridgehead atoms. The Morgan fingerprint density at radius 3 is 2.35 bits per heavy atom. The van der Waals surface area contributed by atoms with Gasteiger partial charge in [0.15, 0.2) is 0 Å². The van der Waals surface area contributed by atoms with Gasteiger partial charge in [0, 0.05) is 36.7 Å². The zero-order valence-electron chi connectivity index (χ0n) is 11.1. The van der Waals surface area contributed by atoms with Crippen LogP contribution in [0.15, 0.2) is 0 Å². The summed E-state index contributed by atoms with van der Waals surface area (Å²) in [4.78, 5) is 16.5. The maximum absolute atomic E-state index is 12.4. The SMILES string of the molecule is CC1(C)CCN(C(=O)N2CCCCC2)CCS1. The fraction of sp³-hybridized carbons (Fsp3) is 0.923. The second-order valence-corrected chi connectivity index (χ2v) is 7.48. The van der Waals surface area contributed by atoms with Gasteiger partial charge in [-0.3, -0.25) is 0 Å². The van der Waals surface area contributed by atoms with E-state index >= 15 is 0 Å². The van der Waals surface area contributed by atoms with E-state index in [4.69, 9.17) is 0 Å². The van der Waals surface area contributed by atoms with E-state index in [0.717, 1.165) is 38.4 Å². The van der Waals surface area contributed by atoms with Crippen LogP contribution in [0.1, 0.15) is 39.5 Å². The van der Waals surface area contributed by atoms with Crippen molar-refractivity contribution in [3.8, 4) is 0 Å². The summed E-state index contributed by atoms with van der Waals surface area (Å²) >= 11 is 2.00. The van der Waals surface area contributed by atoms with E-state index in [9.17, 15) is 4.79 Å². The summed E-state index contributed by atoms with van der Waals surface area (Å²) in [5.41, 5.74) is 0. The van der Waals surface area contributed by atoms with Gasteiger partial charge in [-0.15, -0.1) is 0 Å². The lowest BCUT2D eigenvalue weighted by molar-refractivity contribution is 0.145. The van der Waals surface area contributed by atoms with E-state index in [-0.39, 0.29) is 6.03 Å². The predicted octanol–water partition coefficient (Wildman–Crippen LogP) is 2.81. The smallest absolute Gasteiger partial charge is 0.320 e. The van der Waals surface area contributed by atoms with Gasteiger partial charge < -0.3 is 9.80 Å². The second kappa shape index (κ2) is 5.51. The Balaban J connectivity index is 1.90. The topological polar surface area (TPSA) is 23.6 Å². The van der Waals surface area contributed by atoms with Crippen LogP contribution in [0.3, 0.4) is 0 Å². The van der Waals surface area contributed by atoms with Crippen molar-refractivity contribution in [3.05, 3.63) is 0 Å².